The van der Waals surface area contributed by atoms with E-state index in [1.54, 1.807) is 13.3 Å². The van der Waals surface area contributed by atoms with Crippen molar-refractivity contribution in [3.05, 3.63) is 22.9 Å². The van der Waals surface area contributed by atoms with Crippen molar-refractivity contribution in [2.45, 2.75) is 0 Å². The molecular formula is C13H18BrN5O. The fourth-order valence-corrected chi connectivity index (χ4v) is 2.79. The van der Waals surface area contributed by atoms with E-state index in [9.17, 15) is 0 Å². The number of ether oxygens (including phenoxy) is 1. The molecule has 0 radical (unpaired) electrons. The Kier molecular flexibility index (Phi) is 4.18. The van der Waals surface area contributed by atoms with Crippen molar-refractivity contribution in [2.24, 2.45) is 0 Å². The van der Waals surface area contributed by atoms with Gasteiger partial charge in [-0.2, -0.15) is 0 Å². The highest BCUT2D eigenvalue weighted by Crippen LogP contribution is 2.17. The maximum absolute atomic E-state index is 5.13. The lowest BCUT2D eigenvalue weighted by Crippen LogP contribution is -2.47. The summed E-state index contributed by atoms with van der Waals surface area (Å²) in [6.45, 7) is 5.89. The van der Waals surface area contributed by atoms with E-state index in [-0.39, 0.29) is 0 Å². The van der Waals surface area contributed by atoms with E-state index in [1.807, 2.05) is 16.6 Å². The van der Waals surface area contributed by atoms with E-state index in [2.05, 4.69) is 35.8 Å². The fourth-order valence-electron chi connectivity index (χ4n) is 2.43. The minimum Gasteiger partial charge on any atom is -0.383 e. The Morgan fingerprint density at radius 3 is 2.80 bits per heavy atom. The highest BCUT2D eigenvalue weighted by Gasteiger charge is 2.18. The molecule has 0 N–H and O–H groups in total. The van der Waals surface area contributed by atoms with E-state index in [0.717, 1.165) is 55.4 Å². The van der Waals surface area contributed by atoms with Crippen LogP contribution < -0.4 is 4.90 Å². The van der Waals surface area contributed by atoms with Crippen LogP contribution in [0.1, 0.15) is 0 Å². The molecule has 0 aliphatic carbocycles. The number of imidazole rings is 1. The Balaban J connectivity index is 1.68. The molecule has 6 nitrogen and oxygen atoms in total. The van der Waals surface area contributed by atoms with E-state index >= 15 is 0 Å². The molecule has 0 atom stereocenters. The molecule has 1 fully saturated rings. The lowest BCUT2D eigenvalue weighted by molar-refractivity contribution is 0.144. The van der Waals surface area contributed by atoms with E-state index in [4.69, 9.17) is 4.74 Å². The quantitative estimate of drug-likeness (QED) is 0.839. The van der Waals surface area contributed by atoms with E-state index < -0.39 is 0 Å². The molecular weight excluding hydrogens is 322 g/mol. The zero-order chi connectivity index (χ0) is 13.9. The van der Waals surface area contributed by atoms with Crippen LogP contribution in [0.15, 0.2) is 22.9 Å². The van der Waals surface area contributed by atoms with Crippen molar-refractivity contribution in [2.75, 3.05) is 51.3 Å². The molecule has 0 unspecified atom stereocenters. The molecule has 3 rings (SSSR count). The molecule has 0 aromatic carbocycles. The second-order valence-corrected chi connectivity index (χ2v) is 5.68. The zero-order valence-electron chi connectivity index (χ0n) is 11.5. The summed E-state index contributed by atoms with van der Waals surface area (Å²) >= 11 is 3.46. The molecule has 1 aliphatic rings. The van der Waals surface area contributed by atoms with Gasteiger partial charge < -0.3 is 9.64 Å². The summed E-state index contributed by atoms with van der Waals surface area (Å²) in [6, 6.07) is 4.05. The number of fused-ring (bicyclic) bond motifs is 1. The van der Waals surface area contributed by atoms with Gasteiger partial charge in [0.2, 0.25) is 0 Å². The number of piperazine rings is 1. The van der Waals surface area contributed by atoms with Gasteiger partial charge >= 0.3 is 0 Å². The van der Waals surface area contributed by atoms with Gasteiger partial charge in [-0.25, -0.2) is 9.50 Å². The molecule has 20 heavy (non-hydrogen) atoms. The second kappa shape index (κ2) is 6.07. The second-order valence-electron chi connectivity index (χ2n) is 4.86. The summed E-state index contributed by atoms with van der Waals surface area (Å²) < 4.78 is 7.83. The molecule has 0 amide bonds. The van der Waals surface area contributed by atoms with Crippen LogP contribution in [-0.4, -0.2) is 65.9 Å². The van der Waals surface area contributed by atoms with Crippen LogP contribution in [0.5, 0.6) is 0 Å². The minimum atomic E-state index is 0.798. The van der Waals surface area contributed by atoms with Crippen molar-refractivity contribution in [1.29, 1.82) is 0 Å². The standard InChI is InChI=1S/C13H18BrN5O/c1-20-9-8-17-4-6-18(7-5-17)13-3-2-12-15-10-11(14)19(12)16-13/h2-3,10H,4-9H2,1H3. The molecule has 2 aromatic rings. The SMILES string of the molecule is COCCN1CCN(c2ccc3ncc(Br)n3n2)CC1. The van der Waals surface area contributed by atoms with Crippen LogP contribution in [0.25, 0.3) is 5.65 Å². The molecule has 0 bridgehead atoms. The normalized spacial score (nSPS) is 17.0. The Labute approximate surface area is 126 Å². The molecule has 0 saturated carbocycles. The fraction of sp³-hybridized carbons (Fsp3) is 0.538. The summed E-state index contributed by atoms with van der Waals surface area (Å²) in [5, 5.41) is 4.64. The third-order valence-electron chi connectivity index (χ3n) is 3.61. The van der Waals surface area contributed by atoms with Crippen LogP contribution in [0.2, 0.25) is 0 Å². The van der Waals surface area contributed by atoms with E-state index in [1.165, 1.54) is 0 Å². The average molecular weight is 340 g/mol. The first kappa shape index (κ1) is 13.8. The first-order chi connectivity index (χ1) is 9.78. The molecule has 2 aromatic heterocycles. The van der Waals surface area contributed by atoms with Gasteiger partial charge in [-0.3, -0.25) is 4.90 Å². The van der Waals surface area contributed by atoms with Crippen molar-refractivity contribution < 1.29 is 4.74 Å². The lowest BCUT2D eigenvalue weighted by Gasteiger charge is -2.35. The Morgan fingerprint density at radius 2 is 2.05 bits per heavy atom. The molecule has 108 valence electrons. The first-order valence-corrected chi connectivity index (χ1v) is 7.54. The number of halogens is 1. The number of anilines is 1. The van der Waals surface area contributed by atoms with Gasteiger partial charge in [-0.1, -0.05) is 0 Å². The maximum Gasteiger partial charge on any atom is 0.154 e. The highest BCUT2D eigenvalue weighted by atomic mass is 79.9. The largest absolute Gasteiger partial charge is 0.383 e. The number of aromatic nitrogens is 3. The number of rotatable bonds is 4. The van der Waals surface area contributed by atoms with E-state index in [0.29, 0.717) is 0 Å². The molecule has 1 aliphatic heterocycles. The summed E-state index contributed by atoms with van der Waals surface area (Å²) in [6.07, 6.45) is 1.77. The summed E-state index contributed by atoms with van der Waals surface area (Å²) in [5.41, 5.74) is 0.861. The van der Waals surface area contributed by atoms with Crippen molar-refractivity contribution >= 4 is 27.4 Å². The Hall–Kier alpha value is -1.18. The van der Waals surface area contributed by atoms with Crippen LogP contribution in [0.3, 0.4) is 0 Å². The van der Waals surface area contributed by atoms with Gasteiger partial charge in [-0.15, -0.1) is 5.10 Å². The van der Waals surface area contributed by atoms with Gasteiger partial charge in [0.1, 0.15) is 10.4 Å². The van der Waals surface area contributed by atoms with Crippen LogP contribution >= 0.6 is 15.9 Å². The van der Waals surface area contributed by atoms with Crippen molar-refractivity contribution in [1.82, 2.24) is 19.5 Å². The van der Waals surface area contributed by atoms with Crippen LogP contribution in [0.4, 0.5) is 5.82 Å². The predicted octanol–water partition coefficient (Wildman–Crippen LogP) is 1.26. The molecule has 3 heterocycles. The van der Waals surface area contributed by atoms with Crippen LogP contribution in [0, 0.1) is 0 Å². The third-order valence-corrected chi connectivity index (χ3v) is 4.16. The first-order valence-electron chi connectivity index (χ1n) is 6.74. The topological polar surface area (TPSA) is 45.9 Å². The number of methoxy groups -OCH3 is 1. The maximum atomic E-state index is 5.13. The van der Waals surface area contributed by atoms with Gasteiger partial charge in [0.25, 0.3) is 0 Å². The monoisotopic (exact) mass is 339 g/mol. The third kappa shape index (κ3) is 2.79. The number of hydrogen-bond acceptors (Lipinski definition) is 5. The summed E-state index contributed by atoms with van der Waals surface area (Å²) in [5.74, 6) is 1.00. The molecule has 7 heteroatoms. The molecule has 1 saturated heterocycles. The van der Waals surface area contributed by atoms with Crippen LogP contribution in [-0.2, 0) is 4.74 Å². The van der Waals surface area contributed by atoms with Gasteiger partial charge in [0, 0.05) is 39.8 Å². The smallest absolute Gasteiger partial charge is 0.154 e. The Bertz CT molecular complexity index is 579. The van der Waals surface area contributed by atoms with Gasteiger partial charge in [0.05, 0.1) is 12.8 Å². The van der Waals surface area contributed by atoms with Crippen molar-refractivity contribution in [3.8, 4) is 0 Å². The van der Waals surface area contributed by atoms with Crippen molar-refractivity contribution in [3.63, 3.8) is 0 Å². The molecule has 0 spiro atoms. The average Bonchev–Trinajstić information content (AvgIpc) is 2.87. The number of nitrogens with zero attached hydrogens (tertiary/aromatic N) is 5. The Morgan fingerprint density at radius 1 is 1.25 bits per heavy atom. The predicted molar refractivity (Wildman–Crippen MR) is 81.2 cm³/mol. The van der Waals surface area contributed by atoms with Gasteiger partial charge in [0.15, 0.2) is 5.65 Å². The minimum absolute atomic E-state index is 0.798. The summed E-state index contributed by atoms with van der Waals surface area (Å²) in [4.78, 5) is 9.00. The lowest BCUT2D eigenvalue weighted by atomic mass is 10.3. The zero-order valence-corrected chi connectivity index (χ0v) is 13.1. The van der Waals surface area contributed by atoms with Gasteiger partial charge in [-0.05, 0) is 28.1 Å². The highest BCUT2D eigenvalue weighted by molar-refractivity contribution is 9.10. The summed E-state index contributed by atoms with van der Waals surface area (Å²) in [7, 11) is 1.75. The number of hydrogen-bond donors (Lipinski definition) is 0.